The van der Waals surface area contributed by atoms with Gasteiger partial charge in [-0.3, -0.25) is 9.59 Å². The maximum Gasteiger partial charge on any atom is 0.258 e. The van der Waals surface area contributed by atoms with Crippen molar-refractivity contribution in [1.82, 2.24) is 5.32 Å². The first-order valence-electron chi connectivity index (χ1n) is 7.35. The van der Waals surface area contributed by atoms with E-state index in [4.69, 9.17) is 4.74 Å². The van der Waals surface area contributed by atoms with Gasteiger partial charge in [0, 0.05) is 5.69 Å². The molecule has 2 N–H and O–H groups in total. The smallest absolute Gasteiger partial charge is 0.258 e. The van der Waals surface area contributed by atoms with Crippen molar-refractivity contribution in [3.63, 3.8) is 0 Å². The summed E-state index contributed by atoms with van der Waals surface area (Å²) in [6, 6.07) is 14.8. The van der Waals surface area contributed by atoms with Crippen molar-refractivity contribution in [2.45, 2.75) is 13.8 Å². The summed E-state index contributed by atoms with van der Waals surface area (Å²) in [4.78, 5) is 23.5. The molecular formula is C18H20N2O3. The number of carbonyl (C=O) groups is 2. The number of anilines is 1. The molecule has 120 valence electrons. The zero-order valence-electron chi connectivity index (χ0n) is 13.3. The molecule has 0 atom stereocenters. The summed E-state index contributed by atoms with van der Waals surface area (Å²) in [6.07, 6.45) is 0. The molecule has 0 saturated carbocycles. The number of nitrogens with one attached hydrogen (secondary N) is 2. The summed E-state index contributed by atoms with van der Waals surface area (Å²) in [5.41, 5.74) is 2.86. The van der Waals surface area contributed by atoms with Gasteiger partial charge in [0.05, 0.1) is 6.54 Å². The van der Waals surface area contributed by atoms with Crippen LogP contribution in [-0.2, 0) is 9.59 Å². The molecule has 0 fully saturated rings. The highest BCUT2D eigenvalue weighted by Crippen LogP contribution is 2.13. The minimum Gasteiger partial charge on any atom is -0.484 e. The lowest BCUT2D eigenvalue weighted by atomic mass is 10.1. The Labute approximate surface area is 135 Å². The van der Waals surface area contributed by atoms with Gasteiger partial charge in [-0.2, -0.15) is 0 Å². The van der Waals surface area contributed by atoms with Gasteiger partial charge in [0.25, 0.3) is 5.91 Å². The Morgan fingerprint density at radius 3 is 2.26 bits per heavy atom. The van der Waals surface area contributed by atoms with Crippen LogP contribution in [0.1, 0.15) is 11.1 Å². The number of amides is 2. The molecule has 5 heteroatoms. The zero-order valence-corrected chi connectivity index (χ0v) is 13.3. The van der Waals surface area contributed by atoms with E-state index in [0.717, 1.165) is 16.8 Å². The van der Waals surface area contributed by atoms with E-state index in [1.165, 1.54) is 0 Å². The Hall–Kier alpha value is -2.82. The van der Waals surface area contributed by atoms with E-state index in [1.807, 2.05) is 50.2 Å². The number of aryl methyl sites for hydroxylation is 2. The standard InChI is InChI=1S/C18H20N2O3/c1-13-8-14(2)10-15(9-13)20-17(21)11-19-18(22)12-23-16-6-4-3-5-7-16/h3-10H,11-12H2,1-2H3,(H,19,22)(H,20,21). The summed E-state index contributed by atoms with van der Waals surface area (Å²) in [6.45, 7) is 3.71. The average molecular weight is 312 g/mol. The summed E-state index contributed by atoms with van der Waals surface area (Å²) in [7, 11) is 0. The summed E-state index contributed by atoms with van der Waals surface area (Å²) in [5, 5.41) is 5.28. The third kappa shape index (κ3) is 5.82. The minimum atomic E-state index is -0.343. The molecule has 0 spiro atoms. The van der Waals surface area contributed by atoms with Crippen molar-refractivity contribution in [3.05, 3.63) is 59.7 Å². The molecule has 0 saturated heterocycles. The number of carbonyl (C=O) groups excluding carboxylic acids is 2. The highest BCUT2D eigenvalue weighted by molar-refractivity contribution is 5.94. The fourth-order valence-electron chi connectivity index (χ4n) is 2.15. The van der Waals surface area contributed by atoms with Gasteiger partial charge in [0.1, 0.15) is 5.75 Å². The fourth-order valence-corrected chi connectivity index (χ4v) is 2.15. The number of hydrogen-bond donors (Lipinski definition) is 2. The topological polar surface area (TPSA) is 67.4 Å². The van der Waals surface area contributed by atoms with Gasteiger partial charge in [-0.25, -0.2) is 0 Å². The molecular weight excluding hydrogens is 292 g/mol. The van der Waals surface area contributed by atoms with E-state index in [2.05, 4.69) is 10.6 Å². The van der Waals surface area contributed by atoms with Crippen molar-refractivity contribution in [2.75, 3.05) is 18.5 Å². The van der Waals surface area contributed by atoms with Crippen LogP contribution in [0, 0.1) is 13.8 Å². The second kappa shape index (κ2) is 7.98. The number of ether oxygens (including phenoxy) is 1. The SMILES string of the molecule is Cc1cc(C)cc(NC(=O)CNC(=O)COc2ccccc2)c1. The normalized spacial score (nSPS) is 10.0. The molecule has 0 aliphatic heterocycles. The molecule has 0 unspecified atom stereocenters. The van der Waals surface area contributed by atoms with Crippen LogP contribution in [0.3, 0.4) is 0 Å². The average Bonchev–Trinajstić information content (AvgIpc) is 2.51. The molecule has 0 aromatic heterocycles. The highest BCUT2D eigenvalue weighted by Gasteiger charge is 2.07. The van der Waals surface area contributed by atoms with Gasteiger partial charge in [0.15, 0.2) is 6.61 Å². The Kier molecular flexibility index (Phi) is 5.74. The Morgan fingerprint density at radius 1 is 0.957 bits per heavy atom. The van der Waals surface area contributed by atoms with Crippen LogP contribution in [-0.4, -0.2) is 25.0 Å². The van der Waals surface area contributed by atoms with Crippen molar-refractivity contribution >= 4 is 17.5 Å². The maximum atomic E-state index is 11.8. The first-order valence-corrected chi connectivity index (χ1v) is 7.35. The van der Waals surface area contributed by atoms with Crippen molar-refractivity contribution < 1.29 is 14.3 Å². The first kappa shape index (κ1) is 16.5. The molecule has 0 aliphatic carbocycles. The van der Waals surface area contributed by atoms with E-state index in [0.29, 0.717) is 5.75 Å². The van der Waals surface area contributed by atoms with Crippen molar-refractivity contribution in [1.29, 1.82) is 0 Å². The van der Waals surface area contributed by atoms with Gasteiger partial charge in [-0.15, -0.1) is 0 Å². The first-order chi connectivity index (χ1) is 11.0. The lowest BCUT2D eigenvalue weighted by Gasteiger charge is -2.09. The van der Waals surface area contributed by atoms with Gasteiger partial charge >= 0.3 is 0 Å². The van der Waals surface area contributed by atoms with Gasteiger partial charge in [-0.1, -0.05) is 24.3 Å². The van der Waals surface area contributed by atoms with Crippen LogP contribution in [0.4, 0.5) is 5.69 Å². The Bertz CT molecular complexity index is 664. The van der Waals surface area contributed by atoms with Gasteiger partial charge < -0.3 is 15.4 Å². The third-order valence-electron chi connectivity index (χ3n) is 3.06. The number of rotatable bonds is 6. The van der Waals surface area contributed by atoms with E-state index in [9.17, 15) is 9.59 Å². The lowest BCUT2D eigenvalue weighted by Crippen LogP contribution is -2.35. The monoisotopic (exact) mass is 312 g/mol. The van der Waals surface area contributed by atoms with Crippen LogP contribution in [0.2, 0.25) is 0 Å². The lowest BCUT2D eigenvalue weighted by molar-refractivity contribution is -0.125. The largest absolute Gasteiger partial charge is 0.484 e. The summed E-state index contributed by atoms with van der Waals surface area (Å²) >= 11 is 0. The van der Waals surface area contributed by atoms with E-state index in [1.54, 1.807) is 12.1 Å². The molecule has 0 aliphatic rings. The van der Waals surface area contributed by atoms with Gasteiger partial charge in [-0.05, 0) is 49.2 Å². The third-order valence-corrected chi connectivity index (χ3v) is 3.06. The highest BCUT2D eigenvalue weighted by atomic mass is 16.5. The second-order valence-corrected chi connectivity index (χ2v) is 5.30. The maximum absolute atomic E-state index is 11.8. The van der Waals surface area contributed by atoms with Crippen LogP contribution < -0.4 is 15.4 Å². The number of hydrogen-bond acceptors (Lipinski definition) is 3. The fraction of sp³-hybridized carbons (Fsp3) is 0.222. The molecule has 5 nitrogen and oxygen atoms in total. The Morgan fingerprint density at radius 2 is 1.61 bits per heavy atom. The molecule has 23 heavy (non-hydrogen) atoms. The molecule has 0 bridgehead atoms. The van der Waals surface area contributed by atoms with Crippen LogP contribution in [0.5, 0.6) is 5.75 Å². The quantitative estimate of drug-likeness (QED) is 0.861. The molecule has 2 rings (SSSR count). The molecule has 0 heterocycles. The van der Waals surface area contributed by atoms with Crippen LogP contribution in [0.25, 0.3) is 0 Å². The second-order valence-electron chi connectivity index (χ2n) is 5.30. The van der Waals surface area contributed by atoms with Crippen LogP contribution >= 0.6 is 0 Å². The predicted molar refractivity (Wildman–Crippen MR) is 89.5 cm³/mol. The van der Waals surface area contributed by atoms with Crippen molar-refractivity contribution in [3.8, 4) is 5.75 Å². The molecule has 2 aromatic rings. The van der Waals surface area contributed by atoms with Crippen molar-refractivity contribution in [2.24, 2.45) is 0 Å². The minimum absolute atomic E-state index is 0.0933. The number of para-hydroxylation sites is 1. The van der Waals surface area contributed by atoms with E-state index >= 15 is 0 Å². The van der Waals surface area contributed by atoms with Crippen LogP contribution in [0.15, 0.2) is 48.5 Å². The van der Waals surface area contributed by atoms with Gasteiger partial charge in [0.2, 0.25) is 5.91 Å². The van der Waals surface area contributed by atoms with E-state index < -0.39 is 0 Å². The molecule has 2 aromatic carbocycles. The predicted octanol–water partition coefficient (Wildman–Crippen LogP) is 2.44. The summed E-state index contributed by atoms with van der Waals surface area (Å²) < 4.78 is 5.31. The Balaban J connectivity index is 1.74. The summed E-state index contributed by atoms with van der Waals surface area (Å²) in [5.74, 6) is -0.00479. The zero-order chi connectivity index (χ0) is 16.7. The van der Waals surface area contributed by atoms with E-state index in [-0.39, 0.29) is 25.0 Å². The molecule has 0 radical (unpaired) electrons. The molecule has 2 amide bonds. The number of benzene rings is 2.